The lowest BCUT2D eigenvalue weighted by Gasteiger charge is -2.35. The number of amides is 1. The molecule has 3 atom stereocenters. The van der Waals surface area contributed by atoms with E-state index < -0.39 is 0 Å². The Balaban J connectivity index is 1.59. The number of rotatable bonds is 5. The highest BCUT2D eigenvalue weighted by atomic mass is 16.5. The number of ether oxygens (including phenoxy) is 1. The Morgan fingerprint density at radius 3 is 2.44 bits per heavy atom. The van der Waals surface area contributed by atoms with Gasteiger partial charge in [-0.15, -0.1) is 0 Å². The van der Waals surface area contributed by atoms with Crippen molar-refractivity contribution in [1.29, 1.82) is 0 Å². The molecule has 2 aromatic rings. The van der Waals surface area contributed by atoms with Crippen LogP contribution < -0.4 is 5.32 Å². The molecule has 0 radical (unpaired) electrons. The van der Waals surface area contributed by atoms with Crippen LogP contribution in [0.1, 0.15) is 54.0 Å². The van der Waals surface area contributed by atoms with Crippen LogP contribution >= 0.6 is 0 Å². The fourth-order valence-corrected chi connectivity index (χ4v) is 3.73. The van der Waals surface area contributed by atoms with Gasteiger partial charge in [-0.2, -0.15) is 5.10 Å². The van der Waals surface area contributed by atoms with Crippen LogP contribution in [0.15, 0.2) is 30.5 Å². The minimum absolute atomic E-state index is 0.0640. The number of aromatic nitrogens is 2. The van der Waals surface area contributed by atoms with Gasteiger partial charge in [-0.25, -0.2) is 0 Å². The Labute approximate surface area is 161 Å². The highest BCUT2D eigenvalue weighted by Crippen LogP contribution is 2.18. The van der Waals surface area contributed by atoms with Crippen LogP contribution in [0.4, 0.5) is 0 Å². The Bertz CT molecular complexity index is 774. The molecule has 3 rings (SSSR count). The molecule has 1 aliphatic rings. The van der Waals surface area contributed by atoms with Crippen molar-refractivity contribution in [2.24, 2.45) is 7.05 Å². The first kappa shape index (κ1) is 19.6. The Kier molecular flexibility index (Phi) is 5.97. The normalized spacial score (nSPS) is 21.8. The largest absolute Gasteiger partial charge is 0.373 e. The second-order valence-electron chi connectivity index (χ2n) is 7.65. The Morgan fingerprint density at radius 2 is 1.89 bits per heavy atom. The zero-order valence-corrected chi connectivity index (χ0v) is 16.9. The van der Waals surface area contributed by atoms with Crippen molar-refractivity contribution in [2.45, 2.75) is 52.5 Å². The van der Waals surface area contributed by atoms with Crippen LogP contribution in [0.3, 0.4) is 0 Å². The summed E-state index contributed by atoms with van der Waals surface area (Å²) in [4.78, 5) is 15.0. The molecule has 0 aliphatic carbocycles. The van der Waals surface area contributed by atoms with E-state index in [1.165, 1.54) is 5.56 Å². The van der Waals surface area contributed by atoms with Crippen molar-refractivity contribution in [2.75, 3.05) is 13.1 Å². The molecule has 1 saturated heterocycles. The van der Waals surface area contributed by atoms with Gasteiger partial charge in [0, 0.05) is 43.5 Å². The quantitative estimate of drug-likeness (QED) is 0.879. The van der Waals surface area contributed by atoms with Gasteiger partial charge < -0.3 is 10.1 Å². The van der Waals surface area contributed by atoms with Crippen molar-refractivity contribution in [3.05, 3.63) is 52.8 Å². The van der Waals surface area contributed by atoms with E-state index in [2.05, 4.69) is 29.2 Å². The fraction of sp³-hybridized carbons (Fsp3) is 0.524. The molecular weight excluding hydrogens is 340 g/mol. The summed E-state index contributed by atoms with van der Waals surface area (Å²) in [5.74, 6) is -0.0640. The van der Waals surface area contributed by atoms with E-state index in [0.29, 0.717) is 5.56 Å². The first-order valence-corrected chi connectivity index (χ1v) is 9.59. The average molecular weight is 370 g/mol. The predicted molar refractivity (Wildman–Crippen MR) is 106 cm³/mol. The van der Waals surface area contributed by atoms with Gasteiger partial charge in [0.25, 0.3) is 5.91 Å². The summed E-state index contributed by atoms with van der Waals surface area (Å²) in [6.45, 7) is 11.0. The van der Waals surface area contributed by atoms with Crippen molar-refractivity contribution >= 4 is 5.91 Å². The summed E-state index contributed by atoms with van der Waals surface area (Å²) < 4.78 is 7.61. The number of hydrogen-bond donors (Lipinski definition) is 1. The number of benzene rings is 1. The molecule has 0 spiro atoms. The maximum Gasteiger partial charge on any atom is 0.251 e. The monoisotopic (exact) mass is 370 g/mol. The van der Waals surface area contributed by atoms with Gasteiger partial charge in [0.15, 0.2) is 0 Å². The first-order chi connectivity index (χ1) is 12.8. The molecule has 1 fully saturated rings. The van der Waals surface area contributed by atoms with Crippen molar-refractivity contribution in [3.63, 3.8) is 0 Å². The van der Waals surface area contributed by atoms with E-state index in [4.69, 9.17) is 4.74 Å². The Hall–Kier alpha value is -2.18. The number of carbonyl (C=O) groups excluding carboxylic acids is 1. The average Bonchev–Trinajstić information content (AvgIpc) is 2.94. The minimum Gasteiger partial charge on any atom is -0.373 e. The molecule has 1 amide bonds. The van der Waals surface area contributed by atoms with Crippen LogP contribution in [0.5, 0.6) is 0 Å². The highest BCUT2D eigenvalue weighted by molar-refractivity contribution is 5.94. The molecule has 27 heavy (non-hydrogen) atoms. The molecule has 1 N–H and O–H groups in total. The molecule has 2 heterocycles. The SMILES string of the molecule is Cc1c([C@H](C)NC(=O)c2ccc(CN3C[C@H](C)O[C@@H](C)C3)cc2)cnn1C. The number of aryl methyl sites for hydroxylation is 1. The third kappa shape index (κ3) is 4.76. The van der Waals surface area contributed by atoms with Crippen LogP contribution in [-0.2, 0) is 18.3 Å². The fourth-order valence-electron chi connectivity index (χ4n) is 3.73. The van der Waals surface area contributed by atoms with Gasteiger partial charge in [0.05, 0.1) is 24.4 Å². The third-order valence-corrected chi connectivity index (χ3v) is 5.20. The summed E-state index contributed by atoms with van der Waals surface area (Å²) in [5, 5.41) is 7.31. The van der Waals surface area contributed by atoms with Gasteiger partial charge in [-0.1, -0.05) is 12.1 Å². The van der Waals surface area contributed by atoms with E-state index in [9.17, 15) is 4.79 Å². The van der Waals surface area contributed by atoms with Crippen LogP contribution in [-0.4, -0.2) is 45.9 Å². The topological polar surface area (TPSA) is 59.4 Å². The van der Waals surface area contributed by atoms with E-state index in [-0.39, 0.29) is 24.2 Å². The van der Waals surface area contributed by atoms with Crippen molar-refractivity contribution in [3.8, 4) is 0 Å². The van der Waals surface area contributed by atoms with Gasteiger partial charge in [-0.3, -0.25) is 14.4 Å². The smallest absolute Gasteiger partial charge is 0.251 e. The molecular formula is C21H30N4O2. The van der Waals surface area contributed by atoms with Gasteiger partial charge in [-0.05, 0) is 45.4 Å². The molecule has 6 heteroatoms. The molecule has 1 aliphatic heterocycles. The molecule has 0 saturated carbocycles. The number of hydrogen-bond acceptors (Lipinski definition) is 4. The van der Waals surface area contributed by atoms with Gasteiger partial charge in [0.1, 0.15) is 0 Å². The van der Waals surface area contributed by atoms with Crippen LogP contribution in [0.25, 0.3) is 0 Å². The summed E-state index contributed by atoms with van der Waals surface area (Å²) in [7, 11) is 1.90. The zero-order valence-electron chi connectivity index (χ0n) is 16.9. The molecule has 0 bridgehead atoms. The maximum atomic E-state index is 12.6. The standard InChI is InChI=1S/C21H30N4O2/c1-14-11-25(12-15(2)27-14)13-18-6-8-19(9-7-18)21(26)23-16(3)20-10-22-24(5)17(20)4/h6-10,14-16H,11-13H2,1-5H3,(H,23,26)/t14-,15-,16-/m0/s1. The lowest BCUT2D eigenvalue weighted by atomic mass is 10.1. The summed E-state index contributed by atoms with van der Waals surface area (Å²) >= 11 is 0. The number of nitrogens with zero attached hydrogens (tertiary/aromatic N) is 3. The number of morpholine rings is 1. The second-order valence-corrected chi connectivity index (χ2v) is 7.65. The highest BCUT2D eigenvalue weighted by Gasteiger charge is 2.22. The lowest BCUT2D eigenvalue weighted by Crippen LogP contribution is -2.44. The van der Waals surface area contributed by atoms with Crippen LogP contribution in [0, 0.1) is 6.92 Å². The minimum atomic E-state index is -0.0813. The van der Waals surface area contributed by atoms with Gasteiger partial charge in [0.2, 0.25) is 0 Å². The Morgan fingerprint density at radius 1 is 1.26 bits per heavy atom. The second kappa shape index (κ2) is 8.23. The number of nitrogens with one attached hydrogen (secondary N) is 1. The van der Waals surface area contributed by atoms with Gasteiger partial charge >= 0.3 is 0 Å². The molecule has 1 aromatic carbocycles. The van der Waals surface area contributed by atoms with E-state index in [1.807, 2.05) is 56.0 Å². The lowest BCUT2D eigenvalue weighted by molar-refractivity contribution is -0.0704. The van der Waals surface area contributed by atoms with Crippen molar-refractivity contribution < 1.29 is 9.53 Å². The maximum absolute atomic E-state index is 12.6. The molecule has 6 nitrogen and oxygen atoms in total. The van der Waals surface area contributed by atoms with Crippen molar-refractivity contribution in [1.82, 2.24) is 20.0 Å². The first-order valence-electron chi connectivity index (χ1n) is 9.59. The molecule has 0 unspecified atom stereocenters. The predicted octanol–water partition coefficient (Wildman–Crippen LogP) is 2.83. The number of carbonyl (C=O) groups is 1. The summed E-state index contributed by atoms with van der Waals surface area (Å²) in [6.07, 6.45) is 2.33. The summed E-state index contributed by atoms with van der Waals surface area (Å²) in [5.41, 5.74) is 3.99. The van der Waals surface area contributed by atoms with E-state index >= 15 is 0 Å². The van der Waals surface area contributed by atoms with E-state index in [0.717, 1.165) is 30.9 Å². The third-order valence-electron chi connectivity index (χ3n) is 5.20. The molecule has 1 aromatic heterocycles. The summed E-state index contributed by atoms with van der Waals surface area (Å²) in [6, 6.07) is 7.81. The van der Waals surface area contributed by atoms with E-state index in [1.54, 1.807) is 0 Å². The zero-order chi connectivity index (χ0) is 19.6. The molecule has 146 valence electrons. The van der Waals surface area contributed by atoms with Crippen LogP contribution in [0.2, 0.25) is 0 Å².